The summed E-state index contributed by atoms with van der Waals surface area (Å²) in [5.41, 5.74) is 3.71. The zero-order chi connectivity index (χ0) is 25.5. The van der Waals surface area contributed by atoms with Gasteiger partial charge in [-0.25, -0.2) is 17.9 Å². The van der Waals surface area contributed by atoms with E-state index in [1.807, 2.05) is 45.0 Å². The van der Waals surface area contributed by atoms with Crippen molar-refractivity contribution in [3.63, 3.8) is 0 Å². The molecule has 35 heavy (non-hydrogen) atoms. The first-order valence-electron chi connectivity index (χ1n) is 11.0. The van der Waals surface area contributed by atoms with Gasteiger partial charge in [-0.2, -0.15) is 9.40 Å². The third-order valence-corrected chi connectivity index (χ3v) is 7.87. The van der Waals surface area contributed by atoms with Gasteiger partial charge in [-0.15, -0.1) is 0 Å². The number of anilines is 2. The smallest absolute Gasteiger partial charge is 0.306 e. The van der Waals surface area contributed by atoms with Gasteiger partial charge in [0.25, 0.3) is 0 Å². The number of aromatic nitrogens is 2. The molecule has 0 saturated carbocycles. The van der Waals surface area contributed by atoms with Gasteiger partial charge in [-0.05, 0) is 41.8 Å². The molecule has 3 aromatic rings. The molecule has 2 N–H and O–H groups in total. The molecule has 0 spiro atoms. The molecule has 2 aromatic carbocycles. The summed E-state index contributed by atoms with van der Waals surface area (Å²) >= 11 is 12.3. The molecule has 186 valence electrons. The van der Waals surface area contributed by atoms with E-state index >= 15 is 0 Å². The lowest BCUT2D eigenvalue weighted by Crippen LogP contribution is -2.35. The summed E-state index contributed by atoms with van der Waals surface area (Å²) in [7, 11) is -3.25. The number of amides is 2. The molecule has 0 fully saturated rings. The van der Waals surface area contributed by atoms with E-state index in [4.69, 9.17) is 28.3 Å². The van der Waals surface area contributed by atoms with Crippen LogP contribution in [0.2, 0.25) is 10.0 Å². The quantitative estimate of drug-likeness (QED) is 0.464. The third kappa shape index (κ3) is 5.64. The van der Waals surface area contributed by atoms with Crippen molar-refractivity contribution in [3.8, 4) is 5.69 Å². The van der Waals surface area contributed by atoms with Gasteiger partial charge in [-0.3, -0.25) is 5.32 Å². The largest absolute Gasteiger partial charge is 0.324 e. The van der Waals surface area contributed by atoms with Crippen molar-refractivity contribution in [2.75, 3.05) is 23.4 Å². The number of sulfonamides is 1. The minimum Gasteiger partial charge on any atom is -0.306 e. The van der Waals surface area contributed by atoms with Gasteiger partial charge in [0.05, 0.1) is 33.4 Å². The van der Waals surface area contributed by atoms with E-state index in [1.165, 1.54) is 10.6 Å². The second-order valence-electron chi connectivity index (χ2n) is 9.56. The summed E-state index contributed by atoms with van der Waals surface area (Å²) in [5, 5.41) is 11.0. The number of benzene rings is 2. The molecule has 11 heteroatoms. The van der Waals surface area contributed by atoms with Crippen molar-refractivity contribution in [2.24, 2.45) is 0 Å². The van der Waals surface area contributed by atoms with E-state index < -0.39 is 16.1 Å². The molecule has 0 bridgehead atoms. The molecular weight excluding hydrogens is 509 g/mol. The summed E-state index contributed by atoms with van der Waals surface area (Å²) in [6.07, 6.45) is 1.82. The highest BCUT2D eigenvalue weighted by atomic mass is 35.5. The standard InChI is InChI=1S/C24H27Cl2N5O3S/c1-24(2,3)20-13-21(28-23(32)27-19-7-5-6-18(25)22(19)26)31(29-20)17-9-8-16-14-30(35(4,33)34)11-10-15(16)12-17/h5-9,12-13H,10-11,14H2,1-4H3,(H2,27,28,32). The number of fused-ring (bicyclic) bond motifs is 1. The summed E-state index contributed by atoms with van der Waals surface area (Å²) in [6, 6.07) is 12.1. The number of nitrogens with one attached hydrogen (secondary N) is 2. The van der Waals surface area contributed by atoms with Crippen LogP contribution in [-0.4, -0.2) is 41.3 Å². The van der Waals surface area contributed by atoms with E-state index in [9.17, 15) is 13.2 Å². The van der Waals surface area contributed by atoms with Crippen LogP contribution in [0.3, 0.4) is 0 Å². The van der Waals surface area contributed by atoms with Gasteiger partial charge in [0.15, 0.2) is 0 Å². The molecule has 4 rings (SSSR count). The van der Waals surface area contributed by atoms with Crippen LogP contribution >= 0.6 is 23.2 Å². The van der Waals surface area contributed by atoms with E-state index in [0.717, 1.165) is 22.5 Å². The van der Waals surface area contributed by atoms with Crippen molar-refractivity contribution in [3.05, 3.63) is 69.3 Å². The number of urea groups is 1. The molecule has 1 aliphatic heterocycles. The Morgan fingerprint density at radius 2 is 1.80 bits per heavy atom. The molecular formula is C24H27Cl2N5O3S. The van der Waals surface area contributed by atoms with Crippen molar-refractivity contribution in [1.29, 1.82) is 0 Å². The Bertz CT molecular complexity index is 1400. The maximum absolute atomic E-state index is 12.8. The second-order valence-corrected chi connectivity index (χ2v) is 12.3. The number of halogens is 2. The first-order valence-corrected chi connectivity index (χ1v) is 13.6. The van der Waals surface area contributed by atoms with E-state index in [2.05, 4.69) is 10.6 Å². The Morgan fingerprint density at radius 1 is 1.06 bits per heavy atom. The lowest BCUT2D eigenvalue weighted by atomic mass is 9.92. The molecule has 2 heterocycles. The van der Waals surface area contributed by atoms with E-state index in [1.54, 1.807) is 22.9 Å². The van der Waals surface area contributed by atoms with Gasteiger partial charge in [0.1, 0.15) is 5.82 Å². The topological polar surface area (TPSA) is 96.3 Å². The van der Waals surface area contributed by atoms with Gasteiger partial charge in [0.2, 0.25) is 10.0 Å². The monoisotopic (exact) mass is 535 g/mol. The van der Waals surface area contributed by atoms with Gasteiger partial charge in [-0.1, -0.05) is 56.1 Å². The van der Waals surface area contributed by atoms with Crippen LogP contribution in [0.5, 0.6) is 0 Å². The van der Waals surface area contributed by atoms with Crippen LogP contribution in [0.4, 0.5) is 16.3 Å². The fourth-order valence-corrected chi connectivity index (χ4v) is 4.98. The lowest BCUT2D eigenvalue weighted by molar-refractivity contribution is 0.262. The molecule has 2 amide bonds. The zero-order valence-corrected chi connectivity index (χ0v) is 22.2. The Hall–Kier alpha value is -2.59. The van der Waals surface area contributed by atoms with Crippen LogP contribution in [0, 0.1) is 0 Å². The minimum atomic E-state index is -3.25. The maximum atomic E-state index is 12.8. The number of carbonyl (C=O) groups excluding carboxylic acids is 1. The molecule has 1 aromatic heterocycles. The highest BCUT2D eigenvalue weighted by molar-refractivity contribution is 7.88. The fourth-order valence-electron chi connectivity index (χ4n) is 3.83. The molecule has 0 unspecified atom stereocenters. The van der Waals surface area contributed by atoms with Gasteiger partial charge < -0.3 is 5.32 Å². The molecule has 0 aliphatic carbocycles. The van der Waals surface area contributed by atoms with Crippen molar-refractivity contribution in [2.45, 2.75) is 39.2 Å². The van der Waals surface area contributed by atoms with E-state index in [0.29, 0.717) is 36.0 Å². The lowest BCUT2D eigenvalue weighted by Gasteiger charge is -2.27. The maximum Gasteiger partial charge on any atom is 0.324 e. The molecule has 0 saturated heterocycles. The first-order chi connectivity index (χ1) is 16.3. The van der Waals surface area contributed by atoms with Crippen LogP contribution < -0.4 is 10.6 Å². The number of rotatable bonds is 4. The summed E-state index contributed by atoms with van der Waals surface area (Å²) in [4.78, 5) is 12.8. The van der Waals surface area contributed by atoms with Crippen LogP contribution in [0.15, 0.2) is 42.5 Å². The Morgan fingerprint density at radius 3 is 2.49 bits per heavy atom. The molecule has 8 nitrogen and oxygen atoms in total. The molecule has 0 atom stereocenters. The number of carbonyl (C=O) groups is 1. The van der Waals surface area contributed by atoms with Crippen molar-refractivity contribution < 1.29 is 13.2 Å². The first kappa shape index (κ1) is 25.5. The zero-order valence-electron chi connectivity index (χ0n) is 19.9. The predicted octanol–water partition coefficient (Wildman–Crippen LogP) is 5.44. The van der Waals surface area contributed by atoms with E-state index in [-0.39, 0.29) is 10.4 Å². The Balaban J connectivity index is 1.65. The van der Waals surface area contributed by atoms with Gasteiger partial charge in [0, 0.05) is 24.6 Å². The average Bonchev–Trinajstić information content (AvgIpc) is 3.19. The predicted molar refractivity (Wildman–Crippen MR) is 140 cm³/mol. The van der Waals surface area contributed by atoms with Crippen LogP contribution in [-0.2, 0) is 28.4 Å². The number of hydrogen-bond acceptors (Lipinski definition) is 4. The Labute approximate surface area is 215 Å². The molecule has 0 radical (unpaired) electrons. The van der Waals surface area contributed by atoms with Crippen molar-refractivity contribution in [1.82, 2.24) is 14.1 Å². The molecule has 1 aliphatic rings. The minimum absolute atomic E-state index is 0.251. The number of nitrogens with zero attached hydrogens (tertiary/aromatic N) is 3. The number of hydrogen-bond donors (Lipinski definition) is 2. The van der Waals surface area contributed by atoms with Gasteiger partial charge >= 0.3 is 6.03 Å². The highest BCUT2D eigenvalue weighted by Crippen LogP contribution is 2.31. The van der Waals surface area contributed by atoms with Crippen LogP contribution in [0.1, 0.15) is 37.6 Å². The van der Waals surface area contributed by atoms with Crippen LogP contribution in [0.25, 0.3) is 5.69 Å². The summed E-state index contributed by atoms with van der Waals surface area (Å²) < 4.78 is 27.1. The summed E-state index contributed by atoms with van der Waals surface area (Å²) in [5.74, 6) is 0.485. The Kier molecular flexibility index (Phi) is 6.89. The third-order valence-electron chi connectivity index (χ3n) is 5.80. The van der Waals surface area contributed by atoms with Crippen molar-refractivity contribution >= 4 is 50.8 Å². The second kappa shape index (κ2) is 9.46. The average molecular weight is 536 g/mol. The fraction of sp³-hybridized carbons (Fsp3) is 0.333. The SMILES string of the molecule is CC(C)(C)c1cc(NC(=O)Nc2cccc(Cl)c2Cl)n(-c2ccc3c(c2)CCN(S(C)(=O)=O)C3)n1. The summed E-state index contributed by atoms with van der Waals surface area (Å²) in [6.45, 7) is 6.90. The highest BCUT2D eigenvalue weighted by Gasteiger charge is 2.25. The normalized spacial score (nSPS) is 14.5.